The summed E-state index contributed by atoms with van der Waals surface area (Å²) in [6.45, 7) is 0.820. The zero-order chi connectivity index (χ0) is 12.1. The van der Waals surface area contributed by atoms with Crippen LogP contribution in [0.4, 0.5) is 0 Å². The summed E-state index contributed by atoms with van der Waals surface area (Å²) >= 11 is 7.76. The van der Waals surface area contributed by atoms with Crippen LogP contribution in [0.3, 0.4) is 0 Å². The van der Waals surface area contributed by atoms with E-state index in [-0.39, 0.29) is 0 Å². The van der Waals surface area contributed by atoms with Crippen LogP contribution in [-0.4, -0.2) is 7.05 Å². The van der Waals surface area contributed by atoms with Gasteiger partial charge < -0.3 is 9.73 Å². The molecule has 0 saturated heterocycles. The molecule has 0 bridgehead atoms. The van der Waals surface area contributed by atoms with Gasteiger partial charge in [-0.15, -0.1) is 11.8 Å². The Morgan fingerprint density at radius 2 is 2.24 bits per heavy atom. The van der Waals surface area contributed by atoms with Gasteiger partial charge in [-0.25, -0.2) is 0 Å². The van der Waals surface area contributed by atoms with Crippen molar-refractivity contribution in [2.24, 2.45) is 0 Å². The van der Waals surface area contributed by atoms with Crippen molar-refractivity contribution in [3.8, 4) is 0 Å². The van der Waals surface area contributed by atoms with E-state index >= 15 is 0 Å². The Bertz CT molecular complexity index is 470. The predicted molar refractivity (Wildman–Crippen MR) is 72.5 cm³/mol. The Hall–Kier alpha value is -0.900. The number of rotatable bonds is 5. The molecule has 2 rings (SSSR count). The molecule has 0 radical (unpaired) electrons. The number of halogens is 1. The zero-order valence-corrected chi connectivity index (χ0v) is 11.1. The average molecular weight is 268 g/mol. The zero-order valence-electron chi connectivity index (χ0n) is 9.57. The summed E-state index contributed by atoms with van der Waals surface area (Å²) in [7, 11) is 1.93. The van der Waals surface area contributed by atoms with Crippen molar-refractivity contribution in [2.75, 3.05) is 7.05 Å². The first-order valence-corrected chi connectivity index (χ1v) is 6.74. The van der Waals surface area contributed by atoms with Gasteiger partial charge in [-0.3, -0.25) is 0 Å². The molecule has 90 valence electrons. The summed E-state index contributed by atoms with van der Waals surface area (Å²) in [5.74, 6) is 1.83. The maximum Gasteiger partial charge on any atom is 0.113 e. The summed E-state index contributed by atoms with van der Waals surface area (Å²) in [5, 5.41) is 3.92. The van der Waals surface area contributed by atoms with Crippen LogP contribution in [0.15, 0.2) is 45.9 Å². The summed E-state index contributed by atoms with van der Waals surface area (Å²) < 4.78 is 5.32. The van der Waals surface area contributed by atoms with E-state index in [0.29, 0.717) is 0 Å². The molecule has 0 aliphatic heterocycles. The van der Waals surface area contributed by atoms with Crippen LogP contribution in [0, 0.1) is 0 Å². The van der Waals surface area contributed by atoms with E-state index < -0.39 is 0 Å². The lowest BCUT2D eigenvalue weighted by Crippen LogP contribution is -2.06. The average Bonchev–Trinajstić information content (AvgIpc) is 2.81. The van der Waals surface area contributed by atoms with Gasteiger partial charge in [0.15, 0.2) is 0 Å². The van der Waals surface area contributed by atoms with Crippen molar-refractivity contribution in [3.63, 3.8) is 0 Å². The molecule has 0 aliphatic carbocycles. The van der Waals surface area contributed by atoms with E-state index in [2.05, 4.69) is 11.4 Å². The highest BCUT2D eigenvalue weighted by molar-refractivity contribution is 7.98. The van der Waals surface area contributed by atoms with Crippen molar-refractivity contribution in [1.29, 1.82) is 0 Å². The van der Waals surface area contributed by atoms with Crippen molar-refractivity contribution in [1.82, 2.24) is 5.32 Å². The van der Waals surface area contributed by atoms with Crippen LogP contribution in [0.25, 0.3) is 0 Å². The van der Waals surface area contributed by atoms with Gasteiger partial charge in [0.25, 0.3) is 0 Å². The molecular weight excluding hydrogens is 254 g/mol. The first kappa shape index (κ1) is 12.6. The fraction of sp³-hybridized carbons (Fsp3) is 0.231. The molecule has 4 heteroatoms. The summed E-state index contributed by atoms with van der Waals surface area (Å²) in [6.07, 6.45) is 1.70. The Kier molecular flexibility index (Phi) is 4.54. The van der Waals surface area contributed by atoms with Gasteiger partial charge in [0, 0.05) is 16.5 Å². The van der Waals surface area contributed by atoms with E-state index in [9.17, 15) is 0 Å². The number of hydrogen-bond donors (Lipinski definition) is 1. The van der Waals surface area contributed by atoms with Gasteiger partial charge in [0.1, 0.15) is 5.76 Å². The van der Waals surface area contributed by atoms with E-state index in [0.717, 1.165) is 23.1 Å². The van der Waals surface area contributed by atoms with E-state index in [1.54, 1.807) is 18.0 Å². The minimum absolute atomic E-state index is 0.776. The molecule has 0 amide bonds. The van der Waals surface area contributed by atoms with Crippen LogP contribution in [-0.2, 0) is 12.3 Å². The highest BCUT2D eigenvalue weighted by atomic mass is 35.5. The van der Waals surface area contributed by atoms with Crippen molar-refractivity contribution in [3.05, 3.63) is 52.9 Å². The molecule has 2 nitrogen and oxygen atoms in total. The molecule has 2 aromatic rings. The minimum atomic E-state index is 0.776. The Balaban J connectivity index is 2.08. The largest absolute Gasteiger partial charge is 0.468 e. The third-order valence-corrected chi connectivity index (χ3v) is 3.71. The second-order valence-corrected chi connectivity index (χ2v) is 5.10. The molecule has 0 aliphatic rings. The lowest BCUT2D eigenvalue weighted by molar-refractivity contribution is 0.530. The van der Waals surface area contributed by atoms with Crippen LogP contribution in [0.1, 0.15) is 11.3 Å². The summed E-state index contributed by atoms with van der Waals surface area (Å²) in [6, 6.07) is 9.88. The Morgan fingerprint density at radius 3 is 2.94 bits per heavy atom. The van der Waals surface area contributed by atoms with Crippen LogP contribution < -0.4 is 5.32 Å². The van der Waals surface area contributed by atoms with Gasteiger partial charge >= 0.3 is 0 Å². The highest BCUT2D eigenvalue weighted by Gasteiger charge is 2.05. The fourth-order valence-electron chi connectivity index (χ4n) is 1.56. The Morgan fingerprint density at radius 1 is 1.35 bits per heavy atom. The number of furan rings is 1. The normalized spacial score (nSPS) is 10.7. The van der Waals surface area contributed by atoms with Crippen molar-refractivity contribution >= 4 is 23.4 Å². The summed E-state index contributed by atoms with van der Waals surface area (Å²) in [5.41, 5.74) is 1.22. The third kappa shape index (κ3) is 3.53. The number of hydrogen-bond acceptors (Lipinski definition) is 3. The first-order valence-electron chi connectivity index (χ1n) is 5.38. The monoisotopic (exact) mass is 267 g/mol. The standard InChI is InChI=1S/C13H14ClNOS/c1-15-8-10-7-11(14)4-5-13(10)17-9-12-3-2-6-16-12/h2-7,15H,8-9H2,1H3. The first-order chi connectivity index (χ1) is 8.29. The lowest BCUT2D eigenvalue weighted by atomic mass is 10.2. The minimum Gasteiger partial charge on any atom is -0.468 e. The second-order valence-electron chi connectivity index (χ2n) is 3.65. The number of benzene rings is 1. The van der Waals surface area contributed by atoms with Gasteiger partial charge in [0.2, 0.25) is 0 Å². The molecule has 1 N–H and O–H groups in total. The molecule has 0 atom stereocenters. The fourth-order valence-corrected chi connectivity index (χ4v) is 2.70. The van der Waals surface area contributed by atoms with Gasteiger partial charge in [0.05, 0.1) is 12.0 Å². The van der Waals surface area contributed by atoms with Crippen molar-refractivity contribution < 1.29 is 4.42 Å². The smallest absolute Gasteiger partial charge is 0.113 e. The van der Waals surface area contributed by atoms with Crippen LogP contribution in [0.5, 0.6) is 0 Å². The SMILES string of the molecule is CNCc1cc(Cl)ccc1SCc1ccco1. The molecule has 1 heterocycles. The lowest BCUT2D eigenvalue weighted by Gasteiger charge is -2.08. The van der Waals surface area contributed by atoms with Gasteiger partial charge in [-0.2, -0.15) is 0 Å². The molecule has 0 unspecified atom stereocenters. The topological polar surface area (TPSA) is 25.2 Å². The van der Waals surface area contributed by atoms with Gasteiger partial charge in [-0.05, 0) is 42.9 Å². The maximum atomic E-state index is 6.00. The maximum absolute atomic E-state index is 6.00. The molecule has 0 saturated carbocycles. The quantitative estimate of drug-likeness (QED) is 0.831. The number of nitrogens with one attached hydrogen (secondary N) is 1. The Labute approximate surface area is 110 Å². The van der Waals surface area contributed by atoms with Crippen molar-refractivity contribution in [2.45, 2.75) is 17.2 Å². The highest BCUT2D eigenvalue weighted by Crippen LogP contribution is 2.28. The molecule has 0 fully saturated rings. The predicted octanol–water partition coefficient (Wildman–Crippen LogP) is 3.94. The van der Waals surface area contributed by atoms with E-state index in [1.165, 1.54) is 10.5 Å². The molecular formula is C13H14ClNOS. The van der Waals surface area contributed by atoms with E-state index in [4.69, 9.17) is 16.0 Å². The van der Waals surface area contributed by atoms with Crippen LogP contribution >= 0.6 is 23.4 Å². The summed E-state index contributed by atoms with van der Waals surface area (Å²) in [4.78, 5) is 1.24. The third-order valence-electron chi connectivity index (χ3n) is 2.34. The second kappa shape index (κ2) is 6.15. The number of thioether (sulfide) groups is 1. The van der Waals surface area contributed by atoms with E-state index in [1.807, 2.05) is 31.3 Å². The molecule has 1 aromatic carbocycles. The molecule has 17 heavy (non-hydrogen) atoms. The van der Waals surface area contributed by atoms with Crippen LogP contribution in [0.2, 0.25) is 5.02 Å². The molecule has 0 spiro atoms. The molecule has 1 aromatic heterocycles. The van der Waals surface area contributed by atoms with Gasteiger partial charge in [-0.1, -0.05) is 11.6 Å².